The quantitative estimate of drug-likeness (QED) is 0.792. The van der Waals surface area contributed by atoms with Gasteiger partial charge in [0.1, 0.15) is 10.6 Å². The number of hydrogen-bond acceptors (Lipinski definition) is 3. The van der Waals surface area contributed by atoms with Gasteiger partial charge in [0, 0.05) is 18.1 Å². The lowest BCUT2D eigenvalue weighted by Gasteiger charge is -2.27. The van der Waals surface area contributed by atoms with Crippen LogP contribution in [0.5, 0.6) is 0 Å². The average Bonchev–Trinajstić information content (AvgIpc) is 2.93. The summed E-state index contributed by atoms with van der Waals surface area (Å²) in [5.41, 5.74) is 1.98. The van der Waals surface area contributed by atoms with Gasteiger partial charge in [0.2, 0.25) is 0 Å². The summed E-state index contributed by atoms with van der Waals surface area (Å²) < 4.78 is 5.72. The molecule has 0 saturated carbocycles. The zero-order chi connectivity index (χ0) is 13.0. The van der Waals surface area contributed by atoms with E-state index < -0.39 is 0 Å². The van der Waals surface area contributed by atoms with Crippen molar-refractivity contribution in [2.24, 2.45) is 0 Å². The maximum Gasteiger partial charge on any atom is 0.125 e. The lowest BCUT2D eigenvalue weighted by Crippen LogP contribution is -2.26. The summed E-state index contributed by atoms with van der Waals surface area (Å²) in [4.78, 5) is 4.76. The number of thiazole rings is 1. The molecule has 1 aromatic heterocycles. The molecule has 0 spiro atoms. The van der Waals surface area contributed by atoms with Gasteiger partial charge < -0.3 is 4.74 Å². The third-order valence-corrected chi connectivity index (χ3v) is 4.52. The van der Waals surface area contributed by atoms with Crippen LogP contribution in [-0.4, -0.2) is 12.1 Å². The summed E-state index contributed by atoms with van der Waals surface area (Å²) in [5.74, 6) is 0. The Morgan fingerprint density at radius 1 is 1.17 bits per heavy atom. The van der Waals surface area contributed by atoms with E-state index in [1.807, 2.05) is 18.2 Å². The molecular formula is C15H19NOS. The minimum atomic E-state index is -0.225. The largest absolute Gasteiger partial charge is 0.371 e. The van der Waals surface area contributed by atoms with Gasteiger partial charge in [0.15, 0.2) is 0 Å². The van der Waals surface area contributed by atoms with E-state index in [0.717, 1.165) is 29.1 Å². The highest BCUT2D eigenvalue weighted by atomic mass is 32.1. The molecule has 2 aromatic rings. The van der Waals surface area contributed by atoms with E-state index in [1.165, 1.54) is 0 Å². The van der Waals surface area contributed by atoms with E-state index in [-0.39, 0.29) is 5.60 Å². The van der Waals surface area contributed by atoms with Crippen molar-refractivity contribution in [1.29, 1.82) is 0 Å². The number of hydrogen-bond donors (Lipinski definition) is 0. The minimum absolute atomic E-state index is 0.225. The van der Waals surface area contributed by atoms with Crippen LogP contribution in [0, 0.1) is 0 Å². The molecule has 1 heterocycles. The third kappa shape index (κ3) is 2.33. The van der Waals surface area contributed by atoms with Crippen molar-refractivity contribution in [3.8, 4) is 11.3 Å². The van der Waals surface area contributed by atoms with Crippen molar-refractivity contribution in [3.05, 3.63) is 40.7 Å². The van der Waals surface area contributed by atoms with Gasteiger partial charge in [-0.05, 0) is 12.8 Å². The van der Waals surface area contributed by atoms with Crippen LogP contribution in [0.1, 0.15) is 31.7 Å². The highest BCUT2D eigenvalue weighted by molar-refractivity contribution is 7.10. The smallest absolute Gasteiger partial charge is 0.125 e. The SMILES string of the molecule is CCC(CC)(OC)c1nc(-c2ccccc2)cs1. The van der Waals surface area contributed by atoms with Gasteiger partial charge in [-0.2, -0.15) is 0 Å². The van der Waals surface area contributed by atoms with E-state index in [1.54, 1.807) is 18.4 Å². The number of rotatable bonds is 5. The number of nitrogens with zero attached hydrogens (tertiary/aromatic N) is 1. The van der Waals surface area contributed by atoms with Gasteiger partial charge in [-0.25, -0.2) is 4.98 Å². The zero-order valence-electron chi connectivity index (χ0n) is 11.1. The predicted molar refractivity (Wildman–Crippen MR) is 76.8 cm³/mol. The lowest BCUT2D eigenvalue weighted by atomic mass is 9.98. The molecule has 0 aliphatic heterocycles. The molecule has 0 aliphatic carbocycles. The van der Waals surface area contributed by atoms with Crippen molar-refractivity contribution >= 4 is 11.3 Å². The molecule has 2 nitrogen and oxygen atoms in total. The Bertz CT molecular complexity index is 480. The highest BCUT2D eigenvalue weighted by Crippen LogP contribution is 2.36. The topological polar surface area (TPSA) is 22.1 Å². The van der Waals surface area contributed by atoms with Crippen LogP contribution in [0.2, 0.25) is 0 Å². The van der Waals surface area contributed by atoms with Gasteiger partial charge in [0.05, 0.1) is 5.69 Å². The Hall–Kier alpha value is -1.19. The van der Waals surface area contributed by atoms with Crippen molar-refractivity contribution in [2.45, 2.75) is 32.3 Å². The molecule has 0 amide bonds. The fraction of sp³-hybridized carbons (Fsp3) is 0.400. The summed E-state index contributed by atoms with van der Waals surface area (Å²) >= 11 is 1.69. The Balaban J connectivity index is 2.36. The molecule has 18 heavy (non-hydrogen) atoms. The summed E-state index contributed by atoms with van der Waals surface area (Å²) in [5, 5.41) is 3.19. The molecule has 0 radical (unpaired) electrons. The van der Waals surface area contributed by atoms with E-state index in [4.69, 9.17) is 9.72 Å². The number of aromatic nitrogens is 1. The summed E-state index contributed by atoms with van der Waals surface area (Å²) in [6, 6.07) is 10.3. The van der Waals surface area contributed by atoms with E-state index >= 15 is 0 Å². The fourth-order valence-corrected chi connectivity index (χ4v) is 3.30. The molecule has 0 aliphatic rings. The van der Waals surface area contributed by atoms with E-state index in [0.29, 0.717) is 0 Å². The molecule has 2 rings (SSSR count). The maximum absolute atomic E-state index is 5.72. The maximum atomic E-state index is 5.72. The number of methoxy groups -OCH3 is 1. The summed E-state index contributed by atoms with van der Waals surface area (Å²) in [6.45, 7) is 4.30. The van der Waals surface area contributed by atoms with E-state index in [9.17, 15) is 0 Å². The Morgan fingerprint density at radius 2 is 1.83 bits per heavy atom. The first-order valence-corrected chi connectivity index (χ1v) is 7.20. The Morgan fingerprint density at radius 3 is 2.39 bits per heavy atom. The lowest BCUT2D eigenvalue weighted by molar-refractivity contribution is -0.0218. The van der Waals surface area contributed by atoms with Crippen LogP contribution in [0.15, 0.2) is 35.7 Å². The predicted octanol–water partition coefficient (Wildman–Crippen LogP) is 4.47. The van der Waals surface area contributed by atoms with Gasteiger partial charge in [-0.1, -0.05) is 44.2 Å². The Kier molecular flexibility index (Phi) is 4.15. The second-order valence-corrected chi connectivity index (χ2v) is 5.17. The van der Waals surface area contributed by atoms with Crippen molar-refractivity contribution in [3.63, 3.8) is 0 Å². The second kappa shape index (κ2) is 5.63. The van der Waals surface area contributed by atoms with Crippen LogP contribution < -0.4 is 0 Å². The van der Waals surface area contributed by atoms with E-state index in [2.05, 4.69) is 31.4 Å². The standard InChI is InChI=1S/C15H19NOS/c1-4-15(5-2,17-3)14-16-13(11-18-14)12-9-7-6-8-10-12/h6-11H,4-5H2,1-3H3. The molecule has 0 unspecified atom stereocenters. The van der Waals surface area contributed by atoms with Crippen LogP contribution in [0.4, 0.5) is 0 Å². The van der Waals surface area contributed by atoms with Crippen LogP contribution in [0.3, 0.4) is 0 Å². The first-order valence-electron chi connectivity index (χ1n) is 6.32. The van der Waals surface area contributed by atoms with Crippen molar-refractivity contribution in [2.75, 3.05) is 7.11 Å². The van der Waals surface area contributed by atoms with Gasteiger partial charge in [-0.15, -0.1) is 11.3 Å². The van der Waals surface area contributed by atoms with Crippen LogP contribution in [0.25, 0.3) is 11.3 Å². The molecule has 96 valence electrons. The summed E-state index contributed by atoms with van der Waals surface area (Å²) in [7, 11) is 1.77. The highest BCUT2D eigenvalue weighted by Gasteiger charge is 2.31. The molecule has 0 atom stereocenters. The first kappa shape index (κ1) is 13.2. The first-order chi connectivity index (χ1) is 8.75. The number of ether oxygens (including phenoxy) is 1. The minimum Gasteiger partial charge on any atom is -0.371 e. The van der Waals surface area contributed by atoms with Gasteiger partial charge in [0.25, 0.3) is 0 Å². The Labute approximate surface area is 113 Å². The molecule has 0 bridgehead atoms. The third-order valence-electron chi connectivity index (χ3n) is 3.50. The molecule has 1 aromatic carbocycles. The second-order valence-electron chi connectivity index (χ2n) is 4.31. The average molecular weight is 261 g/mol. The monoisotopic (exact) mass is 261 g/mol. The van der Waals surface area contributed by atoms with Gasteiger partial charge in [-0.3, -0.25) is 0 Å². The van der Waals surface area contributed by atoms with Crippen molar-refractivity contribution in [1.82, 2.24) is 4.98 Å². The van der Waals surface area contributed by atoms with Gasteiger partial charge >= 0.3 is 0 Å². The molecule has 0 saturated heterocycles. The van der Waals surface area contributed by atoms with Crippen molar-refractivity contribution < 1.29 is 4.74 Å². The molecule has 3 heteroatoms. The summed E-state index contributed by atoms with van der Waals surface area (Å²) in [6.07, 6.45) is 1.89. The van der Waals surface area contributed by atoms with Crippen LogP contribution >= 0.6 is 11.3 Å². The van der Waals surface area contributed by atoms with Crippen LogP contribution in [-0.2, 0) is 10.3 Å². The molecule has 0 fully saturated rings. The number of benzene rings is 1. The zero-order valence-corrected chi connectivity index (χ0v) is 12.0. The molecule has 0 N–H and O–H groups in total. The molecular weight excluding hydrogens is 242 g/mol. The fourth-order valence-electron chi connectivity index (χ4n) is 2.15. The normalized spacial score (nSPS) is 11.7.